The molecule has 0 aromatic carbocycles. The quantitative estimate of drug-likeness (QED) is 0.491. The van der Waals surface area contributed by atoms with Gasteiger partial charge in [0.15, 0.2) is 0 Å². The number of hydrogen-bond acceptors (Lipinski definition) is 5. The lowest BCUT2D eigenvalue weighted by Gasteiger charge is -2.06. The number of allylic oxidation sites excluding steroid dienone is 2. The molecule has 20 heavy (non-hydrogen) atoms. The summed E-state index contributed by atoms with van der Waals surface area (Å²) in [7, 11) is 1.32. The Bertz CT molecular complexity index is 503. The Balaban J connectivity index is 2.75. The summed E-state index contributed by atoms with van der Waals surface area (Å²) in [6, 6.07) is 3.17. The first-order valence-corrected chi connectivity index (χ1v) is 6.31. The molecule has 0 radical (unpaired) electrons. The average molecular weight is 277 g/mol. The molecule has 1 aromatic rings. The van der Waals surface area contributed by atoms with Gasteiger partial charge in [-0.15, -0.1) is 0 Å². The monoisotopic (exact) mass is 277 g/mol. The molecule has 0 unspecified atom stereocenters. The fraction of sp³-hybridized carbons (Fsp3) is 0.333. The van der Waals surface area contributed by atoms with Gasteiger partial charge in [-0.25, -0.2) is 9.78 Å². The van der Waals surface area contributed by atoms with E-state index in [0.717, 1.165) is 12.0 Å². The first kappa shape index (κ1) is 15.9. The summed E-state index contributed by atoms with van der Waals surface area (Å²) in [6.45, 7) is 3.73. The molecule has 1 N–H and O–H groups in total. The molecule has 0 fully saturated rings. The number of methoxy groups -OCH3 is 1. The summed E-state index contributed by atoms with van der Waals surface area (Å²) in [6.07, 6.45) is 5.90. The highest BCUT2D eigenvalue weighted by atomic mass is 16.5. The molecule has 0 saturated carbocycles. The standard InChI is InChI=1S/C15H19NO4/c1-4-5-12(10-17)8-11(2)20-14-7-6-13(9-16-14)15(18)19-3/h5-9,17H,4,10H2,1-3H3/b11-8+,12-5+. The van der Waals surface area contributed by atoms with E-state index in [1.54, 1.807) is 25.1 Å². The molecule has 0 atom stereocenters. The average Bonchev–Trinajstić information content (AvgIpc) is 2.46. The smallest absolute Gasteiger partial charge is 0.339 e. The van der Waals surface area contributed by atoms with Gasteiger partial charge in [0.25, 0.3) is 0 Å². The van der Waals surface area contributed by atoms with Crippen molar-refractivity contribution in [2.45, 2.75) is 20.3 Å². The first-order valence-electron chi connectivity index (χ1n) is 6.31. The van der Waals surface area contributed by atoms with Crippen molar-refractivity contribution >= 4 is 5.97 Å². The van der Waals surface area contributed by atoms with E-state index in [1.807, 2.05) is 13.0 Å². The fourth-order valence-corrected chi connectivity index (χ4v) is 1.57. The Morgan fingerprint density at radius 3 is 2.70 bits per heavy atom. The SMILES string of the molecule is CC/C=C(\C=C(/C)Oc1ccc(C(=O)OC)cn1)CO. The second-order valence-electron chi connectivity index (χ2n) is 4.08. The Kier molecular flexibility index (Phi) is 6.46. The van der Waals surface area contributed by atoms with E-state index in [0.29, 0.717) is 17.2 Å². The second-order valence-corrected chi connectivity index (χ2v) is 4.08. The van der Waals surface area contributed by atoms with Crippen LogP contribution in [0.4, 0.5) is 0 Å². The van der Waals surface area contributed by atoms with Crippen molar-refractivity contribution in [1.29, 1.82) is 0 Å². The Morgan fingerprint density at radius 1 is 1.45 bits per heavy atom. The Labute approximate surface area is 118 Å². The zero-order chi connectivity index (χ0) is 15.0. The molecule has 0 aliphatic heterocycles. The van der Waals surface area contributed by atoms with E-state index in [-0.39, 0.29) is 6.61 Å². The van der Waals surface area contributed by atoms with Crippen molar-refractivity contribution in [2.24, 2.45) is 0 Å². The lowest BCUT2D eigenvalue weighted by molar-refractivity contribution is 0.0600. The van der Waals surface area contributed by atoms with Crippen LogP contribution in [0.5, 0.6) is 5.88 Å². The Morgan fingerprint density at radius 2 is 2.20 bits per heavy atom. The minimum atomic E-state index is -0.440. The number of aromatic nitrogens is 1. The van der Waals surface area contributed by atoms with Gasteiger partial charge >= 0.3 is 5.97 Å². The summed E-state index contributed by atoms with van der Waals surface area (Å²) in [5.41, 5.74) is 1.15. The van der Waals surface area contributed by atoms with Gasteiger partial charge in [-0.3, -0.25) is 0 Å². The van der Waals surface area contributed by atoms with E-state index in [2.05, 4.69) is 9.72 Å². The molecule has 0 saturated heterocycles. The maximum Gasteiger partial charge on any atom is 0.339 e. The van der Waals surface area contributed by atoms with E-state index >= 15 is 0 Å². The number of rotatable bonds is 6. The third-order valence-corrected chi connectivity index (χ3v) is 2.46. The first-order chi connectivity index (χ1) is 9.60. The van der Waals surface area contributed by atoms with Crippen molar-refractivity contribution in [2.75, 3.05) is 13.7 Å². The van der Waals surface area contributed by atoms with Crippen molar-refractivity contribution in [3.8, 4) is 5.88 Å². The van der Waals surface area contributed by atoms with Crippen LogP contribution in [0, 0.1) is 0 Å². The highest BCUT2D eigenvalue weighted by Gasteiger charge is 2.06. The Hall–Kier alpha value is -2.14. The molecule has 0 spiro atoms. The summed E-state index contributed by atoms with van der Waals surface area (Å²) in [5.74, 6) is 0.544. The van der Waals surface area contributed by atoms with Gasteiger partial charge in [0.05, 0.1) is 19.3 Å². The molecular weight excluding hydrogens is 258 g/mol. The zero-order valence-corrected chi connectivity index (χ0v) is 11.9. The number of hydrogen-bond donors (Lipinski definition) is 1. The lowest BCUT2D eigenvalue weighted by atomic mass is 10.2. The molecule has 0 aliphatic rings. The molecule has 0 bridgehead atoms. The third kappa shape index (κ3) is 4.85. The van der Waals surface area contributed by atoms with Gasteiger partial charge in [0.1, 0.15) is 5.76 Å². The minimum absolute atomic E-state index is 0.0384. The van der Waals surface area contributed by atoms with Crippen LogP contribution >= 0.6 is 0 Å². The van der Waals surface area contributed by atoms with Gasteiger partial charge in [-0.05, 0) is 31.1 Å². The number of carbonyl (C=O) groups excluding carboxylic acids is 1. The maximum absolute atomic E-state index is 11.3. The van der Waals surface area contributed by atoms with Gasteiger partial charge < -0.3 is 14.6 Å². The van der Waals surface area contributed by atoms with Crippen LogP contribution in [0.25, 0.3) is 0 Å². The van der Waals surface area contributed by atoms with Crippen LogP contribution in [-0.4, -0.2) is 29.8 Å². The van der Waals surface area contributed by atoms with E-state index in [9.17, 15) is 4.79 Å². The van der Waals surface area contributed by atoms with E-state index < -0.39 is 5.97 Å². The highest BCUT2D eigenvalue weighted by Crippen LogP contribution is 2.13. The van der Waals surface area contributed by atoms with Crippen LogP contribution in [-0.2, 0) is 4.74 Å². The molecule has 0 amide bonds. The maximum atomic E-state index is 11.3. The van der Waals surface area contributed by atoms with Crippen molar-refractivity contribution in [3.05, 3.63) is 47.4 Å². The van der Waals surface area contributed by atoms with Crippen LogP contribution in [0.3, 0.4) is 0 Å². The zero-order valence-electron chi connectivity index (χ0n) is 11.9. The number of esters is 1. The van der Waals surface area contributed by atoms with Crippen LogP contribution in [0.15, 0.2) is 41.8 Å². The van der Waals surface area contributed by atoms with Gasteiger partial charge in [-0.1, -0.05) is 13.0 Å². The topological polar surface area (TPSA) is 68.7 Å². The normalized spacial score (nSPS) is 12.2. The molecule has 1 rings (SSSR count). The summed E-state index contributed by atoms with van der Waals surface area (Å²) >= 11 is 0. The number of aliphatic hydroxyl groups is 1. The van der Waals surface area contributed by atoms with Crippen LogP contribution < -0.4 is 4.74 Å². The largest absolute Gasteiger partial charge is 0.465 e. The second kappa shape index (κ2) is 8.12. The predicted molar refractivity (Wildman–Crippen MR) is 75.4 cm³/mol. The van der Waals surface area contributed by atoms with Gasteiger partial charge in [-0.2, -0.15) is 0 Å². The minimum Gasteiger partial charge on any atom is -0.465 e. The molecule has 0 aliphatic carbocycles. The van der Waals surface area contributed by atoms with Crippen molar-refractivity contribution < 1.29 is 19.4 Å². The number of nitrogens with zero attached hydrogens (tertiary/aromatic N) is 1. The lowest BCUT2D eigenvalue weighted by Crippen LogP contribution is -2.02. The summed E-state index contributed by atoms with van der Waals surface area (Å²) in [5, 5.41) is 9.16. The number of aliphatic hydroxyl groups excluding tert-OH is 1. The molecule has 1 heterocycles. The van der Waals surface area contributed by atoms with Crippen molar-refractivity contribution in [3.63, 3.8) is 0 Å². The highest BCUT2D eigenvalue weighted by molar-refractivity contribution is 5.88. The molecular formula is C15H19NO4. The molecule has 108 valence electrons. The van der Waals surface area contributed by atoms with Crippen LogP contribution in [0.2, 0.25) is 0 Å². The predicted octanol–water partition coefficient (Wildman–Crippen LogP) is 2.48. The number of carbonyl (C=O) groups is 1. The van der Waals surface area contributed by atoms with E-state index in [4.69, 9.17) is 9.84 Å². The summed E-state index contributed by atoms with van der Waals surface area (Å²) in [4.78, 5) is 15.3. The fourth-order valence-electron chi connectivity index (χ4n) is 1.57. The van der Waals surface area contributed by atoms with Gasteiger partial charge in [0, 0.05) is 12.3 Å². The van der Waals surface area contributed by atoms with Gasteiger partial charge in [0.2, 0.25) is 5.88 Å². The van der Waals surface area contributed by atoms with E-state index in [1.165, 1.54) is 13.3 Å². The summed E-state index contributed by atoms with van der Waals surface area (Å²) < 4.78 is 10.1. The molecule has 1 aromatic heterocycles. The van der Waals surface area contributed by atoms with Crippen molar-refractivity contribution in [1.82, 2.24) is 4.98 Å². The molecule has 5 heteroatoms. The number of pyridine rings is 1. The third-order valence-electron chi connectivity index (χ3n) is 2.46. The van der Waals surface area contributed by atoms with Crippen LogP contribution in [0.1, 0.15) is 30.6 Å². The molecule has 5 nitrogen and oxygen atoms in total. The number of ether oxygens (including phenoxy) is 2.